The molecule has 25 heavy (non-hydrogen) atoms. The lowest BCUT2D eigenvalue weighted by molar-refractivity contribution is 0.392. The van der Waals surface area contributed by atoms with Gasteiger partial charge in [-0.15, -0.1) is 6.58 Å². The lowest BCUT2D eigenvalue weighted by Gasteiger charge is -2.11. The number of nitrogens with zero attached hydrogens (tertiary/aromatic N) is 1. The largest absolute Gasteiger partial charge is 0.448 e. The van der Waals surface area contributed by atoms with Gasteiger partial charge >= 0.3 is 0 Å². The van der Waals surface area contributed by atoms with Crippen LogP contribution in [0.25, 0.3) is 6.08 Å². The summed E-state index contributed by atoms with van der Waals surface area (Å²) >= 11 is 0. The number of rotatable bonds is 10. The number of aromatic nitrogens is 1. The Morgan fingerprint density at radius 3 is 2.64 bits per heavy atom. The summed E-state index contributed by atoms with van der Waals surface area (Å²) in [5, 5.41) is 0. The highest BCUT2D eigenvalue weighted by molar-refractivity contribution is 5.42. The van der Waals surface area contributed by atoms with Crippen molar-refractivity contribution in [2.24, 2.45) is 5.92 Å². The minimum absolute atomic E-state index is 0.0392. The van der Waals surface area contributed by atoms with Crippen molar-refractivity contribution in [2.75, 3.05) is 0 Å². The highest BCUT2D eigenvalue weighted by Crippen LogP contribution is 2.21. The number of hydrogen-bond donors (Lipinski definition) is 0. The number of hydrogen-bond acceptors (Lipinski definition) is 2. The fourth-order valence-corrected chi connectivity index (χ4v) is 2.39. The molecule has 1 heterocycles. The van der Waals surface area contributed by atoms with E-state index >= 15 is 0 Å². The Bertz CT molecular complexity index is 596. The van der Waals surface area contributed by atoms with Crippen LogP contribution in [0.15, 0.2) is 53.2 Å². The molecule has 138 valence electrons. The van der Waals surface area contributed by atoms with Gasteiger partial charge in [0, 0.05) is 5.41 Å². The third-order valence-corrected chi connectivity index (χ3v) is 4.07. The molecule has 1 unspecified atom stereocenters. The molecule has 2 heteroatoms. The molecule has 0 amide bonds. The zero-order valence-corrected chi connectivity index (χ0v) is 16.7. The van der Waals surface area contributed by atoms with Crippen LogP contribution < -0.4 is 0 Å². The molecule has 0 saturated heterocycles. The maximum Gasteiger partial charge on any atom is 0.199 e. The van der Waals surface area contributed by atoms with Gasteiger partial charge in [0.05, 0.1) is 0 Å². The minimum Gasteiger partial charge on any atom is -0.448 e. The van der Waals surface area contributed by atoms with Crippen LogP contribution in [0.2, 0.25) is 0 Å². The average molecular weight is 342 g/mol. The van der Waals surface area contributed by atoms with Gasteiger partial charge in [0.15, 0.2) is 5.89 Å². The highest BCUT2D eigenvalue weighted by atomic mass is 16.3. The molecule has 0 N–H and O–H groups in total. The fourth-order valence-electron chi connectivity index (χ4n) is 2.39. The first-order valence-corrected chi connectivity index (χ1v) is 9.38. The van der Waals surface area contributed by atoms with Crippen molar-refractivity contribution in [1.29, 1.82) is 0 Å². The van der Waals surface area contributed by atoms with Gasteiger partial charge in [0.25, 0.3) is 0 Å². The predicted molar refractivity (Wildman–Crippen MR) is 110 cm³/mol. The van der Waals surface area contributed by atoms with E-state index in [2.05, 4.69) is 70.5 Å². The van der Waals surface area contributed by atoms with Gasteiger partial charge in [-0.1, -0.05) is 63.6 Å². The first-order chi connectivity index (χ1) is 11.8. The van der Waals surface area contributed by atoms with Crippen LogP contribution in [0.3, 0.4) is 0 Å². The van der Waals surface area contributed by atoms with E-state index < -0.39 is 0 Å². The molecule has 0 bridgehead atoms. The first-order valence-electron chi connectivity index (χ1n) is 9.38. The molecule has 0 saturated carbocycles. The van der Waals surface area contributed by atoms with Crippen molar-refractivity contribution in [1.82, 2.24) is 4.98 Å². The Balaban J connectivity index is 2.28. The van der Waals surface area contributed by atoms with Gasteiger partial charge in [-0.3, -0.25) is 0 Å². The van der Waals surface area contributed by atoms with Crippen LogP contribution >= 0.6 is 0 Å². The molecule has 2 nitrogen and oxygen atoms in total. The van der Waals surface area contributed by atoms with Crippen molar-refractivity contribution >= 4 is 6.08 Å². The molecule has 0 fully saturated rings. The van der Waals surface area contributed by atoms with E-state index in [1.807, 2.05) is 12.2 Å². The third kappa shape index (κ3) is 9.28. The van der Waals surface area contributed by atoms with Gasteiger partial charge in [0.2, 0.25) is 0 Å². The Kier molecular flexibility index (Phi) is 9.26. The Morgan fingerprint density at radius 1 is 1.28 bits per heavy atom. The van der Waals surface area contributed by atoms with E-state index in [4.69, 9.17) is 4.42 Å². The van der Waals surface area contributed by atoms with Crippen molar-refractivity contribution in [3.8, 4) is 0 Å². The molecule has 0 aliphatic heterocycles. The minimum atomic E-state index is -0.0392. The summed E-state index contributed by atoms with van der Waals surface area (Å²) < 4.78 is 5.52. The standard InChI is InChI=1S/C23H35NO/c1-7-13-19(2)16-17-20(3)14-11-9-8-10-12-15-21-18-25-22(24-21)23(4,5)6/h7,9,11-12,14-15,18-19H,1,8,10,13,16-17H2,2-6H3/b11-9+,15-12-,20-14+. The third-order valence-electron chi connectivity index (χ3n) is 4.07. The molecule has 1 atom stereocenters. The van der Waals surface area contributed by atoms with Crippen molar-refractivity contribution in [2.45, 2.75) is 72.1 Å². The molecule has 1 aromatic rings. The van der Waals surface area contributed by atoms with Crippen molar-refractivity contribution in [3.63, 3.8) is 0 Å². The van der Waals surface area contributed by atoms with Crippen molar-refractivity contribution in [3.05, 3.63) is 60.4 Å². The summed E-state index contributed by atoms with van der Waals surface area (Å²) in [6, 6.07) is 0. The van der Waals surface area contributed by atoms with E-state index in [1.165, 1.54) is 18.4 Å². The number of allylic oxidation sites excluding steroid dienone is 6. The zero-order chi connectivity index (χ0) is 18.7. The molecule has 0 aliphatic carbocycles. The monoisotopic (exact) mass is 341 g/mol. The molecular formula is C23H35NO. The second-order valence-corrected chi connectivity index (χ2v) is 7.92. The fraction of sp³-hybridized carbons (Fsp3) is 0.522. The lowest BCUT2D eigenvalue weighted by Crippen LogP contribution is -2.11. The van der Waals surface area contributed by atoms with Crippen molar-refractivity contribution < 1.29 is 4.42 Å². The summed E-state index contributed by atoms with van der Waals surface area (Å²) in [4.78, 5) is 4.50. The van der Waals surface area contributed by atoms with Gasteiger partial charge in [-0.25, -0.2) is 4.98 Å². The molecule has 0 radical (unpaired) electrons. The smallest absolute Gasteiger partial charge is 0.199 e. The van der Waals surface area contributed by atoms with Crippen LogP contribution in [0, 0.1) is 5.92 Å². The first kappa shape index (κ1) is 21.2. The molecule has 0 aliphatic rings. The summed E-state index contributed by atoms with van der Waals surface area (Å²) in [6.45, 7) is 14.6. The predicted octanol–water partition coefficient (Wildman–Crippen LogP) is 7.26. The van der Waals surface area contributed by atoms with Crippen LogP contribution in [0.4, 0.5) is 0 Å². The van der Waals surface area contributed by atoms with E-state index in [-0.39, 0.29) is 5.41 Å². The van der Waals surface area contributed by atoms with E-state index in [0.717, 1.165) is 36.8 Å². The maximum absolute atomic E-state index is 5.52. The van der Waals surface area contributed by atoms with Gasteiger partial charge in [-0.05, 0) is 51.0 Å². The normalized spacial score (nSPS) is 14.5. The molecule has 0 spiro atoms. The zero-order valence-electron chi connectivity index (χ0n) is 16.7. The molecule has 1 aromatic heterocycles. The average Bonchev–Trinajstić information content (AvgIpc) is 3.01. The number of oxazole rings is 1. The second kappa shape index (κ2) is 10.9. The van der Waals surface area contributed by atoms with E-state index in [0.29, 0.717) is 0 Å². The SMILES string of the molecule is C=CCC(C)CC/C(C)=C/C=C/CC/C=C\c1coc(C(C)(C)C)n1. The summed E-state index contributed by atoms with van der Waals surface area (Å²) in [7, 11) is 0. The van der Waals surface area contributed by atoms with Crippen LogP contribution in [-0.4, -0.2) is 4.98 Å². The van der Waals surface area contributed by atoms with E-state index in [9.17, 15) is 0 Å². The lowest BCUT2D eigenvalue weighted by atomic mass is 9.97. The van der Waals surface area contributed by atoms with Gasteiger partial charge < -0.3 is 4.42 Å². The van der Waals surface area contributed by atoms with Crippen LogP contribution in [0.1, 0.15) is 78.3 Å². The molecule has 1 rings (SSSR count). The molecule has 0 aromatic carbocycles. The Morgan fingerprint density at radius 2 is 2.00 bits per heavy atom. The van der Waals surface area contributed by atoms with Crippen LogP contribution in [-0.2, 0) is 5.41 Å². The number of unbranched alkanes of at least 4 members (excludes halogenated alkanes) is 1. The highest BCUT2D eigenvalue weighted by Gasteiger charge is 2.19. The van der Waals surface area contributed by atoms with Gasteiger partial charge in [0.1, 0.15) is 12.0 Å². The molecular weight excluding hydrogens is 306 g/mol. The van der Waals surface area contributed by atoms with E-state index in [1.54, 1.807) is 6.26 Å². The maximum atomic E-state index is 5.52. The van der Waals surface area contributed by atoms with Gasteiger partial charge in [-0.2, -0.15) is 0 Å². The summed E-state index contributed by atoms with van der Waals surface area (Å²) in [6.07, 6.45) is 20.1. The Hall–Kier alpha value is -1.83. The second-order valence-electron chi connectivity index (χ2n) is 7.92. The summed E-state index contributed by atoms with van der Waals surface area (Å²) in [5.41, 5.74) is 2.31. The Labute approximate surface area is 154 Å². The van der Waals surface area contributed by atoms with Crippen LogP contribution in [0.5, 0.6) is 0 Å². The topological polar surface area (TPSA) is 26.0 Å². The quantitative estimate of drug-likeness (QED) is 0.254. The summed E-state index contributed by atoms with van der Waals surface area (Å²) in [5.74, 6) is 1.51.